The number of nitrogens with zero attached hydrogens (tertiary/aromatic N) is 1. The fourth-order valence-electron chi connectivity index (χ4n) is 9.33. The van der Waals surface area contributed by atoms with E-state index in [1.54, 1.807) is 0 Å². The first-order valence-corrected chi connectivity index (χ1v) is 20.1. The summed E-state index contributed by atoms with van der Waals surface area (Å²) >= 11 is 0. The Morgan fingerprint density at radius 3 is 1.54 bits per heavy atom. The van der Waals surface area contributed by atoms with Gasteiger partial charge in [-0.05, 0) is 134 Å². The largest absolute Gasteiger partial charge is 0.310 e. The zero-order valence-electron chi connectivity index (χ0n) is 32.2. The van der Waals surface area contributed by atoms with E-state index in [1.165, 1.54) is 103 Å². The van der Waals surface area contributed by atoms with Crippen molar-refractivity contribution in [2.24, 2.45) is 0 Å². The van der Waals surface area contributed by atoms with Crippen molar-refractivity contribution in [2.45, 2.75) is 44.9 Å². The number of anilines is 3. The van der Waals surface area contributed by atoms with E-state index in [9.17, 15) is 0 Å². The Labute approximate surface area is 331 Å². The minimum absolute atomic E-state index is 0.131. The number of hydrogen-bond donors (Lipinski definition) is 0. The zero-order chi connectivity index (χ0) is 37.6. The van der Waals surface area contributed by atoms with Gasteiger partial charge in [-0.1, -0.05) is 166 Å². The van der Waals surface area contributed by atoms with E-state index in [-0.39, 0.29) is 5.41 Å². The fraction of sp³-hybridized carbons (Fsp3) is 0.127. The SMILES string of the molecule is CC1(C)c2ccccc2-c2cc(-c3ccccc3)c(N(c3ccc(-c4ccc(-c5ccccc5)cc4)cc3)c3ccc(-c4cccc5c4CCCC5)cc3)cc21. The monoisotopic (exact) mass is 719 g/mol. The summed E-state index contributed by atoms with van der Waals surface area (Å²) in [6.45, 7) is 4.75. The number of aryl methyl sites for hydroxylation is 1. The van der Waals surface area contributed by atoms with Gasteiger partial charge in [-0.2, -0.15) is 0 Å². The molecular formula is C55H45N. The highest BCUT2D eigenvalue weighted by atomic mass is 15.1. The van der Waals surface area contributed by atoms with Gasteiger partial charge in [0.2, 0.25) is 0 Å². The fourth-order valence-corrected chi connectivity index (χ4v) is 9.33. The number of hydrogen-bond acceptors (Lipinski definition) is 1. The van der Waals surface area contributed by atoms with Crippen molar-refractivity contribution in [3.05, 3.63) is 210 Å². The lowest BCUT2D eigenvalue weighted by Crippen LogP contribution is -2.17. The molecule has 0 aliphatic heterocycles. The summed E-state index contributed by atoms with van der Waals surface area (Å²) < 4.78 is 0. The van der Waals surface area contributed by atoms with Gasteiger partial charge in [0.15, 0.2) is 0 Å². The molecule has 8 aromatic carbocycles. The second-order valence-corrected chi connectivity index (χ2v) is 16.0. The molecular weight excluding hydrogens is 675 g/mol. The first kappa shape index (κ1) is 34.1. The molecule has 56 heavy (non-hydrogen) atoms. The van der Waals surface area contributed by atoms with Crippen LogP contribution in [0.5, 0.6) is 0 Å². The summed E-state index contributed by atoms with van der Waals surface area (Å²) in [6, 6.07) is 69.7. The third-order valence-corrected chi connectivity index (χ3v) is 12.3. The van der Waals surface area contributed by atoms with Gasteiger partial charge in [0.05, 0.1) is 5.69 Å². The third kappa shape index (κ3) is 5.96. The maximum atomic E-state index is 2.48. The van der Waals surface area contributed by atoms with Gasteiger partial charge >= 0.3 is 0 Å². The van der Waals surface area contributed by atoms with Crippen molar-refractivity contribution in [3.8, 4) is 55.6 Å². The summed E-state index contributed by atoms with van der Waals surface area (Å²) in [4.78, 5) is 2.48. The Bertz CT molecular complexity index is 2670. The Morgan fingerprint density at radius 2 is 0.875 bits per heavy atom. The Balaban J connectivity index is 1.12. The van der Waals surface area contributed by atoms with Crippen LogP contribution in [0, 0.1) is 0 Å². The maximum Gasteiger partial charge on any atom is 0.0543 e. The molecule has 1 heteroatoms. The highest BCUT2D eigenvalue weighted by molar-refractivity contribution is 5.95. The Kier molecular flexibility index (Phi) is 8.52. The van der Waals surface area contributed by atoms with Crippen LogP contribution in [0.3, 0.4) is 0 Å². The summed E-state index contributed by atoms with van der Waals surface area (Å²) in [5.74, 6) is 0. The highest BCUT2D eigenvalue weighted by Gasteiger charge is 2.37. The lowest BCUT2D eigenvalue weighted by molar-refractivity contribution is 0.660. The molecule has 0 aromatic heterocycles. The van der Waals surface area contributed by atoms with E-state index in [1.807, 2.05) is 0 Å². The lowest BCUT2D eigenvalue weighted by Gasteiger charge is -2.31. The second kappa shape index (κ2) is 14.0. The van der Waals surface area contributed by atoms with Gasteiger partial charge in [0.25, 0.3) is 0 Å². The average molecular weight is 720 g/mol. The summed E-state index contributed by atoms with van der Waals surface area (Å²) in [5, 5.41) is 0. The first-order valence-electron chi connectivity index (χ1n) is 20.1. The van der Waals surface area contributed by atoms with E-state index >= 15 is 0 Å². The standard InChI is InChI=1S/C55H45N/c1-55(2)52-23-12-11-21-49(52)51-36-50(43-16-7-4-8-17-43)54(37-53(51)55)56(46-34-30-44(31-35-46)48-22-13-19-42-18-9-10-20-47(42)48)45-32-28-41(29-33-45)40-26-24-39(25-27-40)38-14-5-3-6-15-38/h3-8,11-17,19,21-37H,9-10,18,20H2,1-2H3. The second-order valence-electron chi connectivity index (χ2n) is 16.0. The zero-order valence-corrected chi connectivity index (χ0v) is 32.2. The van der Waals surface area contributed by atoms with Crippen LogP contribution in [0.4, 0.5) is 17.1 Å². The van der Waals surface area contributed by atoms with Gasteiger partial charge < -0.3 is 4.90 Å². The molecule has 0 atom stereocenters. The van der Waals surface area contributed by atoms with Crippen LogP contribution in [-0.2, 0) is 18.3 Å². The normalized spacial score (nSPS) is 13.8. The summed E-state index contributed by atoms with van der Waals surface area (Å²) in [7, 11) is 0. The smallest absolute Gasteiger partial charge is 0.0543 e. The number of fused-ring (bicyclic) bond motifs is 4. The molecule has 0 N–H and O–H groups in total. The van der Waals surface area contributed by atoms with Crippen molar-refractivity contribution < 1.29 is 0 Å². The summed E-state index contributed by atoms with van der Waals surface area (Å²) in [5.41, 5.74) is 21.7. The predicted molar refractivity (Wildman–Crippen MR) is 237 cm³/mol. The quantitative estimate of drug-likeness (QED) is 0.159. The van der Waals surface area contributed by atoms with Gasteiger partial charge in [0.1, 0.15) is 0 Å². The molecule has 0 radical (unpaired) electrons. The molecule has 0 amide bonds. The van der Waals surface area contributed by atoms with Crippen LogP contribution < -0.4 is 4.90 Å². The van der Waals surface area contributed by atoms with Crippen LogP contribution in [0.15, 0.2) is 188 Å². The van der Waals surface area contributed by atoms with Gasteiger partial charge in [-0.15, -0.1) is 0 Å². The topological polar surface area (TPSA) is 3.24 Å². The highest BCUT2D eigenvalue weighted by Crippen LogP contribution is 2.53. The van der Waals surface area contributed by atoms with Gasteiger partial charge in [0, 0.05) is 22.4 Å². The Morgan fingerprint density at radius 1 is 0.375 bits per heavy atom. The minimum Gasteiger partial charge on any atom is -0.310 e. The average Bonchev–Trinajstić information content (AvgIpc) is 3.49. The Hall–Kier alpha value is -6.44. The maximum absolute atomic E-state index is 2.48. The van der Waals surface area contributed by atoms with Crippen LogP contribution in [0.25, 0.3) is 55.6 Å². The van der Waals surface area contributed by atoms with Crippen molar-refractivity contribution >= 4 is 17.1 Å². The van der Waals surface area contributed by atoms with Crippen LogP contribution in [0.2, 0.25) is 0 Å². The molecule has 2 aliphatic carbocycles. The van der Waals surface area contributed by atoms with E-state index in [2.05, 4.69) is 207 Å². The minimum atomic E-state index is -0.131. The van der Waals surface area contributed by atoms with E-state index in [0.29, 0.717) is 0 Å². The van der Waals surface area contributed by atoms with Crippen molar-refractivity contribution in [1.82, 2.24) is 0 Å². The third-order valence-electron chi connectivity index (χ3n) is 12.3. The predicted octanol–water partition coefficient (Wildman–Crippen LogP) is 15.0. The molecule has 0 fully saturated rings. The summed E-state index contributed by atoms with van der Waals surface area (Å²) in [6.07, 6.45) is 4.90. The van der Waals surface area contributed by atoms with E-state index in [4.69, 9.17) is 0 Å². The molecule has 0 heterocycles. The van der Waals surface area contributed by atoms with Crippen molar-refractivity contribution in [3.63, 3.8) is 0 Å². The number of rotatable bonds is 7. The van der Waals surface area contributed by atoms with Crippen LogP contribution >= 0.6 is 0 Å². The molecule has 0 saturated carbocycles. The molecule has 2 aliphatic rings. The first-order chi connectivity index (χ1) is 27.5. The van der Waals surface area contributed by atoms with Gasteiger partial charge in [-0.25, -0.2) is 0 Å². The number of benzene rings is 8. The molecule has 1 nitrogen and oxygen atoms in total. The van der Waals surface area contributed by atoms with Crippen molar-refractivity contribution in [1.29, 1.82) is 0 Å². The van der Waals surface area contributed by atoms with Crippen molar-refractivity contribution in [2.75, 3.05) is 4.90 Å². The van der Waals surface area contributed by atoms with Crippen LogP contribution in [-0.4, -0.2) is 0 Å². The van der Waals surface area contributed by atoms with Crippen LogP contribution in [0.1, 0.15) is 48.9 Å². The van der Waals surface area contributed by atoms with E-state index in [0.717, 1.165) is 17.8 Å². The molecule has 0 spiro atoms. The van der Waals surface area contributed by atoms with E-state index < -0.39 is 0 Å². The molecule has 270 valence electrons. The molecule has 8 aromatic rings. The molecule has 0 unspecified atom stereocenters. The molecule has 10 rings (SSSR count). The lowest BCUT2D eigenvalue weighted by atomic mass is 9.81. The molecule has 0 bridgehead atoms. The molecule has 0 saturated heterocycles. The van der Waals surface area contributed by atoms with Gasteiger partial charge in [-0.3, -0.25) is 0 Å².